The van der Waals surface area contributed by atoms with Crippen LogP contribution in [0.1, 0.15) is 18.9 Å². The molecule has 0 fully saturated rings. The summed E-state index contributed by atoms with van der Waals surface area (Å²) in [6.45, 7) is 2.57. The molecule has 134 valence electrons. The van der Waals surface area contributed by atoms with E-state index in [0.29, 0.717) is 6.61 Å². The first-order valence-electron chi connectivity index (χ1n) is 8.53. The molecule has 0 bridgehead atoms. The van der Waals surface area contributed by atoms with Crippen LogP contribution in [0.4, 0.5) is 5.69 Å². The van der Waals surface area contributed by atoms with Crippen molar-refractivity contribution in [3.8, 4) is 11.8 Å². The molecular formula is C21H22N2O3. The quantitative estimate of drug-likeness (QED) is 0.319. The van der Waals surface area contributed by atoms with Crippen molar-refractivity contribution in [3.63, 3.8) is 0 Å². The average molecular weight is 350 g/mol. The Labute approximate surface area is 153 Å². The third-order valence-electron chi connectivity index (χ3n) is 3.57. The number of ether oxygens (including phenoxy) is 2. The third kappa shape index (κ3) is 6.33. The second-order valence-electron chi connectivity index (χ2n) is 5.50. The summed E-state index contributed by atoms with van der Waals surface area (Å²) in [7, 11) is 0. The monoisotopic (exact) mass is 350 g/mol. The first-order chi connectivity index (χ1) is 12.7. The van der Waals surface area contributed by atoms with Crippen LogP contribution in [0.3, 0.4) is 0 Å². The maximum Gasteiger partial charge on any atom is 0.350 e. The zero-order valence-corrected chi connectivity index (χ0v) is 14.8. The molecule has 2 aromatic carbocycles. The van der Waals surface area contributed by atoms with Crippen LogP contribution >= 0.6 is 0 Å². The predicted molar refractivity (Wildman–Crippen MR) is 101 cm³/mol. The minimum Gasteiger partial charge on any atom is -0.494 e. The van der Waals surface area contributed by atoms with E-state index in [4.69, 9.17) is 14.7 Å². The molecule has 26 heavy (non-hydrogen) atoms. The van der Waals surface area contributed by atoms with Gasteiger partial charge in [0.15, 0.2) is 5.57 Å². The van der Waals surface area contributed by atoms with Gasteiger partial charge in [-0.05, 0) is 49.6 Å². The summed E-state index contributed by atoms with van der Waals surface area (Å²) in [6.07, 6.45) is 3.27. The first kappa shape index (κ1) is 19.1. The fraction of sp³-hybridized carbons (Fsp3) is 0.238. The molecule has 0 aliphatic rings. The number of hydrogen-bond donors (Lipinski definition) is 1. The normalized spacial score (nSPS) is 10.7. The lowest BCUT2D eigenvalue weighted by Gasteiger charge is -2.08. The van der Waals surface area contributed by atoms with E-state index in [1.54, 1.807) is 6.92 Å². The van der Waals surface area contributed by atoms with E-state index in [-0.39, 0.29) is 12.2 Å². The van der Waals surface area contributed by atoms with Crippen molar-refractivity contribution in [1.82, 2.24) is 0 Å². The SMILES string of the molecule is CCOC(=O)/C(C#N)=C\Nc1ccc(OCCCc2ccccc2)cc1. The second-order valence-corrected chi connectivity index (χ2v) is 5.50. The van der Waals surface area contributed by atoms with Gasteiger partial charge < -0.3 is 14.8 Å². The standard InChI is InChI=1S/C21H22N2O3/c1-2-25-21(24)18(15-22)16-23-19-10-12-20(13-11-19)26-14-6-9-17-7-4-3-5-8-17/h3-5,7-8,10-13,16,23H,2,6,9,14H2,1H3/b18-16-. The van der Waals surface area contributed by atoms with E-state index in [1.165, 1.54) is 11.8 Å². The lowest BCUT2D eigenvalue weighted by atomic mass is 10.1. The molecule has 1 N–H and O–H groups in total. The van der Waals surface area contributed by atoms with Crippen LogP contribution < -0.4 is 10.1 Å². The Morgan fingerprint density at radius 3 is 2.54 bits per heavy atom. The summed E-state index contributed by atoms with van der Waals surface area (Å²) < 4.78 is 10.5. The molecule has 5 nitrogen and oxygen atoms in total. The van der Waals surface area contributed by atoms with Gasteiger partial charge in [-0.25, -0.2) is 4.79 Å². The molecule has 0 atom stereocenters. The summed E-state index contributed by atoms with van der Waals surface area (Å²) in [6, 6.07) is 19.5. The topological polar surface area (TPSA) is 71.4 Å². The maximum atomic E-state index is 11.5. The van der Waals surface area contributed by atoms with Gasteiger partial charge in [-0.1, -0.05) is 30.3 Å². The Balaban J connectivity index is 1.78. The average Bonchev–Trinajstić information content (AvgIpc) is 2.68. The number of esters is 1. The highest BCUT2D eigenvalue weighted by Gasteiger charge is 2.09. The molecule has 2 rings (SSSR count). The van der Waals surface area contributed by atoms with Crippen LogP contribution in [0.25, 0.3) is 0 Å². The Bertz CT molecular complexity index is 762. The lowest BCUT2D eigenvalue weighted by molar-refractivity contribution is -0.138. The van der Waals surface area contributed by atoms with Crippen LogP contribution in [-0.2, 0) is 16.0 Å². The number of benzene rings is 2. The largest absolute Gasteiger partial charge is 0.494 e. The molecular weight excluding hydrogens is 328 g/mol. The number of rotatable bonds is 9. The number of carbonyl (C=O) groups is 1. The molecule has 5 heteroatoms. The van der Waals surface area contributed by atoms with Crippen molar-refractivity contribution in [2.24, 2.45) is 0 Å². The fourth-order valence-corrected chi connectivity index (χ4v) is 2.26. The van der Waals surface area contributed by atoms with Crippen LogP contribution in [0.5, 0.6) is 5.75 Å². The Kier molecular flexibility index (Phi) is 7.75. The summed E-state index contributed by atoms with van der Waals surface area (Å²) in [4.78, 5) is 11.5. The number of nitrogens with zero attached hydrogens (tertiary/aromatic N) is 1. The van der Waals surface area contributed by atoms with Crippen LogP contribution in [0.2, 0.25) is 0 Å². The van der Waals surface area contributed by atoms with Gasteiger partial charge >= 0.3 is 5.97 Å². The van der Waals surface area contributed by atoms with Crippen molar-refractivity contribution in [2.45, 2.75) is 19.8 Å². The summed E-state index contributed by atoms with van der Waals surface area (Å²) in [5, 5.41) is 11.9. The van der Waals surface area contributed by atoms with Gasteiger partial charge in [0.05, 0.1) is 13.2 Å². The fourth-order valence-electron chi connectivity index (χ4n) is 2.26. The first-order valence-corrected chi connectivity index (χ1v) is 8.53. The maximum absolute atomic E-state index is 11.5. The minimum absolute atomic E-state index is 0.0758. The van der Waals surface area contributed by atoms with Gasteiger partial charge in [-0.2, -0.15) is 5.26 Å². The predicted octanol–water partition coefficient (Wildman–Crippen LogP) is 4.08. The molecule has 0 unspecified atom stereocenters. The van der Waals surface area contributed by atoms with E-state index in [0.717, 1.165) is 24.3 Å². The highest BCUT2D eigenvalue weighted by atomic mass is 16.5. The van der Waals surface area contributed by atoms with Gasteiger partial charge in [-0.3, -0.25) is 0 Å². The number of aryl methyl sites for hydroxylation is 1. The molecule has 0 aliphatic carbocycles. The van der Waals surface area contributed by atoms with E-state index in [1.807, 2.05) is 48.5 Å². The number of nitriles is 1. The zero-order chi connectivity index (χ0) is 18.6. The molecule has 0 saturated carbocycles. The van der Waals surface area contributed by atoms with Crippen molar-refractivity contribution in [1.29, 1.82) is 5.26 Å². The molecule has 0 spiro atoms. The lowest BCUT2D eigenvalue weighted by Crippen LogP contribution is -2.07. The Morgan fingerprint density at radius 1 is 1.15 bits per heavy atom. The molecule has 0 heterocycles. The molecule has 0 saturated heterocycles. The van der Waals surface area contributed by atoms with Gasteiger partial charge in [-0.15, -0.1) is 0 Å². The third-order valence-corrected chi connectivity index (χ3v) is 3.57. The van der Waals surface area contributed by atoms with E-state index < -0.39 is 5.97 Å². The smallest absolute Gasteiger partial charge is 0.350 e. The van der Waals surface area contributed by atoms with Gasteiger partial charge in [0.25, 0.3) is 0 Å². The van der Waals surface area contributed by atoms with Gasteiger partial charge in [0.1, 0.15) is 11.8 Å². The number of anilines is 1. The Morgan fingerprint density at radius 2 is 1.88 bits per heavy atom. The summed E-state index contributed by atoms with van der Waals surface area (Å²) in [5.74, 6) is 0.138. The second kappa shape index (κ2) is 10.6. The van der Waals surface area contributed by atoms with Crippen LogP contribution in [0.15, 0.2) is 66.4 Å². The van der Waals surface area contributed by atoms with Gasteiger partial charge in [0.2, 0.25) is 0 Å². The van der Waals surface area contributed by atoms with E-state index in [9.17, 15) is 4.79 Å². The van der Waals surface area contributed by atoms with E-state index in [2.05, 4.69) is 17.4 Å². The highest BCUT2D eigenvalue weighted by molar-refractivity contribution is 5.93. The van der Waals surface area contributed by atoms with Crippen molar-refractivity contribution >= 4 is 11.7 Å². The van der Waals surface area contributed by atoms with Gasteiger partial charge in [0, 0.05) is 11.9 Å². The van der Waals surface area contributed by atoms with Crippen molar-refractivity contribution < 1.29 is 14.3 Å². The summed E-state index contributed by atoms with van der Waals surface area (Å²) in [5.41, 5.74) is 1.98. The number of hydrogen-bond acceptors (Lipinski definition) is 5. The molecule has 2 aromatic rings. The van der Waals surface area contributed by atoms with E-state index >= 15 is 0 Å². The number of carbonyl (C=O) groups excluding carboxylic acids is 1. The van der Waals surface area contributed by atoms with Crippen molar-refractivity contribution in [3.05, 3.63) is 71.9 Å². The summed E-state index contributed by atoms with van der Waals surface area (Å²) >= 11 is 0. The Hall–Kier alpha value is -3.26. The minimum atomic E-state index is -0.638. The molecule has 0 radical (unpaired) electrons. The highest BCUT2D eigenvalue weighted by Crippen LogP contribution is 2.16. The molecule has 0 aliphatic heterocycles. The molecule has 0 aromatic heterocycles. The van der Waals surface area contributed by atoms with Crippen LogP contribution in [0, 0.1) is 11.3 Å². The van der Waals surface area contributed by atoms with Crippen molar-refractivity contribution in [2.75, 3.05) is 18.5 Å². The number of nitrogens with one attached hydrogen (secondary N) is 1. The van der Waals surface area contributed by atoms with Crippen LogP contribution in [-0.4, -0.2) is 19.2 Å². The zero-order valence-electron chi connectivity index (χ0n) is 14.8. The molecule has 0 amide bonds.